The van der Waals surface area contributed by atoms with Crippen LogP contribution in [0.4, 0.5) is 27.8 Å². The van der Waals surface area contributed by atoms with Gasteiger partial charge in [-0.15, -0.1) is 0 Å². The average Bonchev–Trinajstić information content (AvgIpc) is 2.84. The second-order valence-electron chi connectivity index (χ2n) is 5.11. The van der Waals surface area contributed by atoms with Gasteiger partial charge in [0.05, 0.1) is 12.8 Å². The Morgan fingerprint density at radius 1 is 1.35 bits per heavy atom. The first-order chi connectivity index (χ1) is 11.6. The zero-order chi connectivity index (χ0) is 20.3. The highest BCUT2D eigenvalue weighted by molar-refractivity contribution is 7.85. The molecule has 0 unspecified atom stereocenters. The van der Waals surface area contributed by atoms with E-state index in [0.29, 0.717) is 12.5 Å². The van der Waals surface area contributed by atoms with E-state index in [1.54, 1.807) is 0 Å². The van der Waals surface area contributed by atoms with Crippen molar-refractivity contribution in [2.75, 3.05) is 6.26 Å². The summed E-state index contributed by atoms with van der Waals surface area (Å²) in [6.45, 7) is -1.62. The molecule has 148 valence electrons. The maximum Gasteiger partial charge on any atom is 0.453 e. The number of carbonyl (C=O) groups excluding carboxylic acids is 1. The summed E-state index contributed by atoms with van der Waals surface area (Å²) in [5.74, 6) is -7.34. The van der Waals surface area contributed by atoms with Crippen LogP contribution in [0.3, 0.4) is 0 Å². The lowest BCUT2D eigenvalue weighted by atomic mass is 10.1. The maximum atomic E-state index is 12.8. The fraction of sp³-hybridized carbons (Fsp3) is 0.636. The number of hydrogen-bond acceptors (Lipinski definition) is 7. The Bertz CT molecular complexity index is 789. The molecule has 0 bridgehead atoms. The Morgan fingerprint density at radius 3 is 2.38 bits per heavy atom. The van der Waals surface area contributed by atoms with Crippen molar-refractivity contribution in [3.63, 3.8) is 0 Å². The number of rotatable bonds is 9. The average molecular weight is 409 g/mol. The van der Waals surface area contributed by atoms with Gasteiger partial charge in [-0.05, 0) is 9.91 Å². The normalized spacial score (nSPS) is 13.0. The third kappa shape index (κ3) is 6.29. The highest BCUT2D eigenvalue weighted by atomic mass is 32.2. The van der Waals surface area contributed by atoms with Gasteiger partial charge >= 0.3 is 17.9 Å². The van der Waals surface area contributed by atoms with E-state index in [0.717, 1.165) is 4.57 Å². The van der Waals surface area contributed by atoms with Gasteiger partial charge in [0.25, 0.3) is 15.9 Å². The third-order valence-electron chi connectivity index (χ3n) is 2.91. The van der Waals surface area contributed by atoms with Crippen LogP contribution in [0.1, 0.15) is 18.7 Å². The highest BCUT2D eigenvalue weighted by Crippen LogP contribution is 2.38. The first kappa shape index (κ1) is 21.9. The number of hydrogen-bond donors (Lipinski definition) is 0. The van der Waals surface area contributed by atoms with Gasteiger partial charge < -0.3 is 10.1 Å². The van der Waals surface area contributed by atoms with Crippen molar-refractivity contribution in [3.05, 3.63) is 22.1 Å². The molecule has 1 aromatic heterocycles. The second kappa shape index (κ2) is 7.61. The zero-order valence-electron chi connectivity index (χ0n) is 13.0. The van der Waals surface area contributed by atoms with E-state index in [1.165, 1.54) is 0 Å². The zero-order valence-corrected chi connectivity index (χ0v) is 13.8. The molecule has 0 saturated carbocycles. The summed E-state index contributed by atoms with van der Waals surface area (Å²) in [7, 11) is -3.96. The van der Waals surface area contributed by atoms with Crippen molar-refractivity contribution < 1.29 is 44.3 Å². The van der Waals surface area contributed by atoms with Gasteiger partial charge in [0, 0.05) is 12.8 Å². The molecule has 0 aliphatic heterocycles. The number of nitrogens with zero attached hydrogens (tertiary/aromatic N) is 3. The van der Waals surface area contributed by atoms with Gasteiger partial charge in [-0.25, -0.2) is 0 Å². The SMILES string of the molecule is CS(=O)(=O)OCc1nc([N+](=O)[O-])cn1CC(=O)CCC(F)(F)C(F)(F)F. The van der Waals surface area contributed by atoms with Crippen molar-refractivity contribution in [3.8, 4) is 0 Å². The topological polar surface area (TPSA) is 121 Å². The van der Waals surface area contributed by atoms with E-state index in [2.05, 4.69) is 9.17 Å². The highest BCUT2D eigenvalue weighted by Gasteiger charge is 2.56. The molecule has 0 spiro atoms. The number of alkyl halides is 5. The van der Waals surface area contributed by atoms with Crippen molar-refractivity contribution in [1.29, 1.82) is 0 Å². The molecule has 0 radical (unpaired) electrons. The molecule has 15 heteroatoms. The number of aromatic nitrogens is 2. The molecule has 0 aliphatic rings. The van der Waals surface area contributed by atoms with Crippen LogP contribution in [0.5, 0.6) is 0 Å². The molecular formula is C11H12F5N3O6S. The van der Waals surface area contributed by atoms with Gasteiger partial charge in [-0.2, -0.15) is 30.4 Å². The Hall–Kier alpha value is -2.16. The molecule has 1 aromatic rings. The summed E-state index contributed by atoms with van der Waals surface area (Å²) < 4.78 is 88.8. The lowest BCUT2D eigenvalue weighted by Gasteiger charge is -2.18. The van der Waals surface area contributed by atoms with Gasteiger partial charge in [0.15, 0.2) is 5.78 Å². The first-order valence-corrected chi connectivity index (χ1v) is 8.45. The molecular weight excluding hydrogens is 397 g/mol. The first-order valence-electron chi connectivity index (χ1n) is 6.63. The van der Waals surface area contributed by atoms with E-state index in [-0.39, 0.29) is 0 Å². The Labute approximate surface area is 143 Å². The maximum absolute atomic E-state index is 12.8. The second-order valence-corrected chi connectivity index (χ2v) is 6.75. The van der Waals surface area contributed by atoms with E-state index >= 15 is 0 Å². The van der Waals surface area contributed by atoms with Crippen LogP contribution in [0.2, 0.25) is 0 Å². The standard InChI is InChI=1S/C11H12F5N3O6S/c1-26(23,24)25-6-9-17-8(19(21)22)5-18(9)4-7(20)2-3-10(12,13)11(14,15)16/h5H,2-4,6H2,1H3. The molecule has 0 saturated heterocycles. The summed E-state index contributed by atoms with van der Waals surface area (Å²) in [6.07, 6.45) is -7.37. The molecule has 26 heavy (non-hydrogen) atoms. The van der Waals surface area contributed by atoms with E-state index in [9.17, 15) is 45.3 Å². The molecule has 1 heterocycles. The summed E-state index contributed by atoms with van der Waals surface area (Å²) in [5, 5.41) is 10.7. The summed E-state index contributed by atoms with van der Waals surface area (Å²) >= 11 is 0. The Morgan fingerprint density at radius 2 is 1.92 bits per heavy atom. The fourth-order valence-electron chi connectivity index (χ4n) is 1.65. The molecule has 0 atom stereocenters. The molecule has 0 aromatic carbocycles. The molecule has 0 aliphatic carbocycles. The molecule has 0 fully saturated rings. The number of nitro groups is 1. The Kier molecular flexibility index (Phi) is 6.40. The molecule has 0 N–H and O–H groups in total. The van der Waals surface area contributed by atoms with Crippen LogP contribution < -0.4 is 0 Å². The predicted octanol–water partition coefficient (Wildman–Crippen LogP) is 1.81. The van der Waals surface area contributed by atoms with Crippen LogP contribution in [0, 0.1) is 10.1 Å². The van der Waals surface area contributed by atoms with E-state index in [4.69, 9.17) is 0 Å². The lowest BCUT2D eigenvalue weighted by molar-refractivity contribution is -0.389. The van der Waals surface area contributed by atoms with Crippen molar-refractivity contribution in [1.82, 2.24) is 9.55 Å². The molecule has 9 nitrogen and oxygen atoms in total. The van der Waals surface area contributed by atoms with Crippen molar-refractivity contribution >= 4 is 21.7 Å². The summed E-state index contributed by atoms with van der Waals surface area (Å²) in [5.41, 5.74) is 0. The molecule has 0 amide bonds. The monoisotopic (exact) mass is 409 g/mol. The van der Waals surface area contributed by atoms with Crippen LogP contribution >= 0.6 is 0 Å². The number of Topliss-reactive ketones (excluding diaryl/α,β-unsaturated/α-hetero) is 1. The molecule has 1 rings (SSSR count). The van der Waals surface area contributed by atoms with Crippen LogP contribution in [-0.2, 0) is 32.2 Å². The third-order valence-corrected chi connectivity index (χ3v) is 3.46. The lowest BCUT2D eigenvalue weighted by Crippen LogP contribution is -2.36. The number of halogens is 5. The quantitative estimate of drug-likeness (QED) is 0.264. The minimum absolute atomic E-state index is 0.391. The van der Waals surface area contributed by atoms with Gasteiger partial charge in [0.2, 0.25) is 0 Å². The number of carbonyl (C=O) groups is 1. The van der Waals surface area contributed by atoms with Crippen molar-refractivity contribution in [2.24, 2.45) is 0 Å². The predicted molar refractivity (Wildman–Crippen MR) is 73.8 cm³/mol. The van der Waals surface area contributed by atoms with Crippen LogP contribution in [0.25, 0.3) is 0 Å². The summed E-state index contributed by atoms with van der Waals surface area (Å²) in [6, 6.07) is 0. The van der Waals surface area contributed by atoms with Gasteiger partial charge in [0.1, 0.15) is 12.8 Å². The smallest absolute Gasteiger partial charge is 0.358 e. The van der Waals surface area contributed by atoms with E-state index in [1.807, 2.05) is 0 Å². The number of ketones is 1. The van der Waals surface area contributed by atoms with Gasteiger partial charge in [-0.3, -0.25) is 13.5 Å². The minimum atomic E-state index is -5.81. The van der Waals surface area contributed by atoms with E-state index < -0.39 is 70.6 Å². The largest absolute Gasteiger partial charge is 0.453 e. The van der Waals surface area contributed by atoms with Crippen LogP contribution in [-0.4, -0.2) is 47.0 Å². The van der Waals surface area contributed by atoms with Gasteiger partial charge in [-0.1, -0.05) is 0 Å². The Balaban J connectivity index is 2.87. The fourth-order valence-corrected chi connectivity index (χ4v) is 1.97. The summed E-state index contributed by atoms with van der Waals surface area (Å²) in [4.78, 5) is 24.8. The van der Waals surface area contributed by atoms with Crippen LogP contribution in [0.15, 0.2) is 6.20 Å². The minimum Gasteiger partial charge on any atom is -0.358 e. The van der Waals surface area contributed by atoms with Crippen molar-refractivity contribution in [2.45, 2.75) is 38.1 Å². The number of imidazole rings is 1.